The Morgan fingerprint density at radius 3 is 2.97 bits per heavy atom. The van der Waals surface area contributed by atoms with Gasteiger partial charge in [0.15, 0.2) is 0 Å². The first-order valence-corrected chi connectivity index (χ1v) is 9.42. The van der Waals surface area contributed by atoms with Gasteiger partial charge in [-0.1, -0.05) is 29.4 Å². The first-order chi connectivity index (χ1) is 14.3. The topological polar surface area (TPSA) is 81.4 Å². The first kappa shape index (κ1) is 17.4. The van der Waals surface area contributed by atoms with Gasteiger partial charge in [0.2, 0.25) is 0 Å². The van der Waals surface area contributed by atoms with Crippen LogP contribution < -0.4 is 4.74 Å². The van der Waals surface area contributed by atoms with Gasteiger partial charge in [-0.15, -0.1) is 0 Å². The number of ether oxygens (including phenoxy) is 1. The Morgan fingerprint density at radius 2 is 2.07 bits per heavy atom. The van der Waals surface area contributed by atoms with E-state index in [0.717, 1.165) is 22.2 Å². The Balaban J connectivity index is 1.34. The number of fused-ring (bicyclic) bond motifs is 2. The lowest BCUT2D eigenvalue weighted by atomic mass is 10.1. The molecular formula is C22H18N4O3. The lowest BCUT2D eigenvalue weighted by molar-refractivity contribution is 0.0722. The molecule has 0 spiro atoms. The minimum Gasteiger partial charge on any atom is -0.486 e. The van der Waals surface area contributed by atoms with E-state index in [0.29, 0.717) is 36.6 Å². The van der Waals surface area contributed by atoms with Gasteiger partial charge < -0.3 is 14.2 Å². The second-order valence-electron chi connectivity index (χ2n) is 6.87. The molecule has 0 saturated heterocycles. The fourth-order valence-electron chi connectivity index (χ4n) is 3.48. The summed E-state index contributed by atoms with van der Waals surface area (Å²) in [5.41, 5.74) is 2.87. The average Bonchev–Trinajstić information content (AvgIpc) is 3.20. The smallest absolute Gasteiger partial charge is 0.272 e. The van der Waals surface area contributed by atoms with E-state index < -0.39 is 0 Å². The van der Waals surface area contributed by atoms with Gasteiger partial charge in [0.1, 0.15) is 29.5 Å². The molecule has 4 heterocycles. The number of hydrogen-bond acceptors (Lipinski definition) is 6. The largest absolute Gasteiger partial charge is 0.486 e. The third-order valence-electron chi connectivity index (χ3n) is 5.02. The summed E-state index contributed by atoms with van der Waals surface area (Å²) in [5, 5.41) is 5.16. The van der Waals surface area contributed by atoms with Crippen LogP contribution in [0.2, 0.25) is 0 Å². The highest BCUT2D eigenvalue weighted by Crippen LogP contribution is 2.25. The molecule has 1 amide bonds. The Hall–Kier alpha value is -3.74. The predicted octanol–water partition coefficient (Wildman–Crippen LogP) is 3.40. The summed E-state index contributed by atoms with van der Waals surface area (Å²) in [5.74, 6) is 1.38. The summed E-state index contributed by atoms with van der Waals surface area (Å²) in [6.07, 6.45) is 3.96. The fraction of sp³-hybridized carbons (Fsp3) is 0.182. The van der Waals surface area contributed by atoms with E-state index in [2.05, 4.69) is 15.1 Å². The Labute approximate surface area is 166 Å². The molecule has 7 heteroatoms. The molecule has 7 nitrogen and oxygen atoms in total. The number of pyridine rings is 2. The van der Waals surface area contributed by atoms with E-state index in [1.807, 2.05) is 42.5 Å². The van der Waals surface area contributed by atoms with Crippen molar-refractivity contribution in [3.8, 4) is 5.75 Å². The van der Waals surface area contributed by atoms with E-state index in [-0.39, 0.29) is 12.5 Å². The van der Waals surface area contributed by atoms with Gasteiger partial charge in [-0.25, -0.2) is 4.98 Å². The van der Waals surface area contributed by atoms with Crippen LogP contribution in [0.25, 0.3) is 10.9 Å². The van der Waals surface area contributed by atoms with Crippen LogP contribution in [0.3, 0.4) is 0 Å². The summed E-state index contributed by atoms with van der Waals surface area (Å²) in [6, 6.07) is 15.1. The molecule has 3 aromatic heterocycles. The van der Waals surface area contributed by atoms with Crippen LogP contribution in [0.1, 0.15) is 27.5 Å². The SMILES string of the molecule is O=C(c1ccc2ccccc2n1)N1CCc2onc(COc3cccnc3)c2C1. The average molecular weight is 386 g/mol. The second-order valence-corrected chi connectivity index (χ2v) is 6.87. The molecular weight excluding hydrogens is 368 g/mol. The van der Waals surface area contributed by atoms with Crippen LogP contribution in [0, 0.1) is 0 Å². The Kier molecular flexibility index (Phi) is 4.40. The van der Waals surface area contributed by atoms with Crippen molar-refractivity contribution < 1.29 is 14.1 Å². The molecule has 0 atom stereocenters. The molecule has 1 aromatic carbocycles. The van der Waals surface area contributed by atoms with Crippen molar-refractivity contribution >= 4 is 16.8 Å². The maximum absolute atomic E-state index is 13.0. The standard InChI is InChI=1S/C22H18N4O3/c27-22(19-8-7-15-4-1-2-6-18(15)24-19)26-11-9-21-17(13-26)20(25-29-21)14-28-16-5-3-10-23-12-16/h1-8,10,12H,9,11,13-14H2. The third-order valence-corrected chi connectivity index (χ3v) is 5.02. The zero-order chi connectivity index (χ0) is 19.6. The summed E-state index contributed by atoms with van der Waals surface area (Å²) in [4.78, 5) is 23.4. The van der Waals surface area contributed by atoms with Crippen molar-refractivity contribution in [1.82, 2.24) is 20.0 Å². The number of amides is 1. The molecule has 0 bridgehead atoms. The van der Waals surface area contributed by atoms with Crippen molar-refractivity contribution in [1.29, 1.82) is 0 Å². The van der Waals surface area contributed by atoms with Crippen LogP contribution in [-0.4, -0.2) is 32.5 Å². The fourth-order valence-corrected chi connectivity index (χ4v) is 3.48. The minimum absolute atomic E-state index is 0.0956. The van der Waals surface area contributed by atoms with Crippen LogP contribution in [-0.2, 0) is 19.6 Å². The van der Waals surface area contributed by atoms with Gasteiger partial charge >= 0.3 is 0 Å². The van der Waals surface area contributed by atoms with Crippen molar-refractivity contribution in [3.05, 3.63) is 83.6 Å². The zero-order valence-electron chi connectivity index (χ0n) is 15.6. The van der Waals surface area contributed by atoms with E-state index in [9.17, 15) is 4.79 Å². The maximum Gasteiger partial charge on any atom is 0.272 e. The normalized spacial score (nSPS) is 13.3. The van der Waals surface area contributed by atoms with Gasteiger partial charge in [0.05, 0.1) is 18.3 Å². The molecule has 0 N–H and O–H groups in total. The highest BCUT2D eigenvalue weighted by Gasteiger charge is 2.28. The lowest BCUT2D eigenvalue weighted by Crippen LogP contribution is -2.36. The van der Waals surface area contributed by atoms with Crippen LogP contribution in [0.15, 0.2) is 65.4 Å². The molecule has 29 heavy (non-hydrogen) atoms. The Morgan fingerprint density at radius 1 is 1.14 bits per heavy atom. The van der Waals surface area contributed by atoms with E-state index in [4.69, 9.17) is 9.26 Å². The molecule has 0 unspecified atom stereocenters. The highest BCUT2D eigenvalue weighted by atomic mass is 16.5. The molecule has 4 aromatic rings. The first-order valence-electron chi connectivity index (χ1n) is 9.42. The Bertz CT molecular complexity index is 1170. The molecule has 1 aliphatic rings. The molecule has 1 aliphatic heterocycles. The summed E-state index contributed by atoms with van der Waals surface area (Å²) in [7, 11) is 0. The molecule has 0 fully saturated rings. The minimum atomic E-state index is -0.0956. The van der Waals surface area contributed by atoms with Gasteiger partial charge in [-0.05, 0) is 24.3 Å². The van der Waals surface area contributed by atoms with Crippen molar-refractivity contribution in [2.24, 2.45) is 0 Å². The van der Waals surface area contributed by atoms with Crippen LogP contribution in [0.4, 0.5) is 0 Å². The molecule has 144 valence electrons. The lowest BCUT2D eigenvalue weighted by Gasteiger charge is -2.26. The third kappa shape index (κ3) is 3.42. The maximum atomic E-state index is 13.0. The highest BCUT2D eigenvalue weighted by molar-refractivity contribution is 5.95. The van der Waals surface area contributed by atoms with Crippen LogP contribution >= 0.6 is 0 Å². The quantitative estimate of drug-likeness (QED) is 0.535. The number of aromatic nitrogens is 3. The number of carbonyl (C=O) groups is 1. The van der Waals surface area contributed by atoms with Crippen molar-refractivity contribution in [2.75, 3.05) is 6.54 Å². The van der Waals surface area contributed by atoms with E-state index >= 15 is 0 Å². The van der Waals surface area contributed by atoms with Gasteiger partial charge in [-0.2, -0.15) is 0 Å². The zero-order valence-corrected chi connectivity index (χ0v) is 15.6. The molecule has 0 radical (unpaired) electrons. The predicted molar refractivity (Wildman–Crippen MR) is 105 cm³/mol. The van der Waals surface area contributed by atoms with Crippen molar-refractivity contribution in [2.45, 2.75) is 19.6 Å². The molecule has 5 rings (SSSR count). The number of benzene rings is 1. The second kappa shape index (κ2) is 7.35. The van der Waals surface area contributed by atoms with E-state index in [1.165, 1.54) is 0 Å². The summed E-state index contributed by atoms with van der Waals surface area (Å²) >= 11 is 0. The monoisotopic (exact) mass is 386 g/mol. The summed E-state index contributed by atoms with van der Waals surface area (Å²) in [6.45, 7) is 1.26. The molecule has 0 saturated carbocycles. The number of rotatable bonds is 4. The summed E-state index contributed by atoms with van der Waals surface area (Å²) < 4.78 is 11.2. The number of nitrogens with zero attached hydrogens (tertiary/aromatic N) is 4. The van der Waals surface area contributed by atoms with E-state index in [1.54, 1.807) is 23.4 Å². The number of para-hydroxylation sites is 1. The van der Waals surface area contributed by atoms with Crippen LogP contribution in [0.5, 0.6) is 5.75 Å². The van der Waals surface area contributed by atoms with Gasteiger partial charge in [0, 0.05) is 30.1 Å². The molecule has 0 aliphatic carbocycles. The van der Waals surface area contributed by atoms with Gasteiger partial charge in [-0.3, -0.25) is 9.78 Å². The van der Waals surface area contributed by atoms with Gasteiger partial charge in [0.25, 0.3) is 5.91 Å². The van der Waals surface area contributed by atoms with Crippen molar-refractivity contribution in [3.63, 3.8) is 0 Å². The number of hydrogen-bond donors (Lipinski definition) is 0. The number of carbonyl (C=O) groups excluding carboxylic acids is 1.